The van der Waals surface area contributed by atoms with Crippen molar-refractivity contribution in [3.05, 3.63) is 52.3 Å². The van der Waals surface area contributed by atoms with Crippen molar-refractivity contribution in [2.45, 2.75) is 40.2 Å². The van der Waals surface area contributed by atoms with Gasteiger partial charge in [0.05, 0.1) is 30.8 Å². The van der Waals surface area contributed by atoms with E-state index in [-0.39, 0.29) is 6.42 Å². The van der Waals surface area contributed by atoms with E-state index < -0.39 is 5.97 Å². The molecule has 3 rings (SSSR count). The fourth-order valence-electron chi connectivity index (χ4n) is 3.26. The SMILES string of the molecule is CCOc1ccc(Cn2c(C)nc3c(C)cc(OCCCC(=O)O)cc32)c(Cl)c1. The molecule has 0 radical (unpaired) electrons. The van der Waals surface area contributed by atoms with E-state index in [0.717, 1.165) is 33.7 Å². The number of aryl methyl sites for hydroxylation is 2. The quantitative estimate of drug-likeness (QED) is 0.497. The number of ether oxygens (including phenoxy) is 2. The number of hydrogen-bond donors (Lipinski definition) is 1. The number of halogens is 1. The summed E-state index contributed by atoms with van der Waals surface area (Å²) in [6, 6.07) is 9.60. The first-order valence-electron chi connectivity index (χ1n) is 9.62. The second-order valence-electron chi connectivity index (χ2n) is 6.89. The molecule has 1 aromatic heterocycles. The van der Waals surface area contributed by atoms with Gasteiger partial charge in [-0.2, -0.15) is 0 Å². The van der Waals surface area contributed by atoms with Crippen molar-refractivity contribution in [1.82, 2.24) is 9.55 Å². The van der Waals surface area contributed by atoms with Crippen LogP contribution in [0.5, 0.6) is 11.5 Å². The first-order chi connectivity index (χ1) is 13.9. The summed E-state index contributed by atoms with van der Waals surface area (Å²) in [6.07, 6.45) is 0.557. The van der Waals surface area contributed by atoms with Gasteiger partial charge in [-0.3, -0.25) is 4.79 Å². The number of carbonyl (C=O) groups is 1. The van der Waals surface area contributed by atoms with Gasteiger partial charge >= 0.3 is 5.97 Å². The van der Waals surface area contributed by atoms with E-state index in [0.29, 0.717) is 37.0 Å². The standard InChI is InChI=1S/C22H25ClN2O4/c1-4-28-17-8-7-16(19(23)11-17)13-25-15(3)24-22-14(2)10-18(12-20(22)25)29-9-5-6-21(26)27/h7-8,10-12H,4-6,9,13H2,1-3H3,(H,26,27). The number of fused-ring (bicyclic) bond motifs is 1. The van der Waals surface area contributed by atoms with Crippen LogP contribution in [0.3, 0.4) is 0 Å². The zero-order chi connectivity index (χ0) is 21.0. The van der Waals surface area contributed by atoms with Gasteiger partial charge in [0.15, 0.2) is 0 Å². The van der Waals surface area contributed by atoms with Crippen LogP contribution in [0.4, 0.5) is 0 Å². The molecule has 2 aromatic carbocycles. The Bertz CT molecular complexity index is 1030. The van der Waals surface area contributed by atoms with E-state index in [2.05, 4.69) is 4.57 Å². The normalized spacial score (nSPS) is 11.0. The largest absolute Gasteiger partial charge is 0.494 e. The Morgan fingerprint density at radius 2 is 1.97 bits per heavy atom. The number of carboxylic acid groups (broad SMARTS) is 1. The zero-order valence-electron chi connectivity index (χ0n) is 16.9. The lowest BCUT2D eigenvalue weighted by Gasteiger charge is -2.12. The Balaban J connectivity index is 1.87. The fraction of sp³-hybridized carbons (Fsp3) is 0.364. The van der Waals surface area contributed by atoms with Crippen LogP contribution in [-0.4, -0.2) is 33.8 Å². The Kier molecular flexibility index (Phi) is 6.64. The van der Waals surface area contributed by atoms with Crippen LogP contribution in [0.15, 0.2) is 30.3 Å². The van der Waals surface area contributed by atoms with Gasteiger partial charge < -0.3 is 19.1 Å². The molecule has 0 atom stereocenters. The molecule has 0 aliphatic heterocycles. The molecule has 0 saturated carbocycles. The maximum absolute atomic E-state index is 10.7. The Morgan fingerprint density at radius 3 is 2.66 bits per heavy atom. The summed E-state index contributed by atoms with van der Waals surface area (Å²) in [6.45, 7) is 7.43. The minimum absolute atomic E-state index is 0.0918. The molecular weight excluding hydrogens is 392 g/mol. The number of carboxylic acids is 1. The van der Waals surface area contributed by atoms with E-state index in [9.17, 15) is 4.79 Å². The number of benzene rings is 2. The molecule has 7 heteroatoms. The molecule has 1 N–H and O–H groups in total. The lowest BCUT2D eigenvalue weighted by atomic mass is 10.1. The van der Waals surface area contributed by atoms with Gasteiger partial charge in [0.2, 0.25) is 0 Å². The van der Waals surface area contributed by atoms with Crippen molar-refractivity contribution < 1.29 is 19.4 Å². The molecule has 0 fully saturated rings. The molecule has 0 amide bonds. The predicted octanol–water partition coefficient (Wildman–Crippen LogP) is 5.00. The summed E-state index contributed by atoms with van der Waals surface area (Å²) in [4.78, 5) is 15.4. The number of hydrogen-bond acceptors (Lipinski definition) is 4. The number of aliphatic carboxylic acids is 1. The van der Waals surface area contributed by atoms with Crippen molar-refractivity contribution >= 4 is 28.6 Å². The van der Waals surface area contributed by atoms with E-state index in [4.69, 9.17) is 31.2 Å². The molecule has 0 unspecified atom stereocenters. The van der Waals surface area contributed by atoms with E-state index in [1.54, 1.807) is 0 Å². The molecular formula is C22H25ClN2O4. The summed E-state index contributed by atoms with van der Waals surface area (Å²) in [5.74, 6) is 1.53. The highest BCUT2D eigenvalue weighted by Gasteiger charge is 2.14. The van der Waals surface area contributed by atoms with Gasteiger partial charge in [0, 0.05) is 17.5 Å². The fourth-order valence-corrected chi connectivity index (χ4v) is 3.49. The van der Waals surface area contributed by atoms with Crippen LogP contribution >= 0.6 is 11.6 Å². The predicted molar refractivity (Wildman–Crippen MR) is 113 cm³/mol. The van der Waals surface area contributed by atoms with Crippen LogP contribution in [0.2, 0.25) is 5.02 Å². The second kappa shape index (κ2) is 9.18. The Labute approximate surface area is 175 Å². The molecule has 6 nitrogen and oxygen atoms in total. The average molecular weight is 417 g/mol. The first kappa shape index (κ1) is 21.0. The highest BCUT2D eigenvalue weighted by molar-refractivity contribution is 6.31. The average Bonchev–Trinajstić information content (AvgIpc) is 2.97. The highest BCUT2D eigenvalue weighted by atomic mass is 35.5. The molecule has 0 bridgehead atoms. The molecule has 154 valence electrons. The third kappa shape index (κ3) is 5.01. The smallest absolute Gasteiger partial charge is 0.303 e. The maximum Gasteiger partial charge on any atom is 0.303 e. The number of imidazole rings is 1. The van der Waals surface area contributed by atoms with Gasteiger partial charge in [-0.15, -0.1) is 0 Å². The summed E-state index contributed by atoms with van der Waals surface area (Å²) < 4.78 is 13.4. The first-order valence-corrected chi connectivity index (χ1v) is 10.00. The van der Waals surface area contributed by atoms with Gasteiger partial charge in [-0.05, 0) is 56.5 Å². The van der Waals surface area contributed by atoms with Crippen molar-refractivity contribution in [2.24, 2.45) is 0 Å². The maximum atomic E-state index is 10.7. The third-order valence-corrected chi connectivity index (χ3v) is 5.03. The van der Waals surface area contributed by atoms with Crippen molar-refractivity contribution in [3.63, 3.8) is 0 Å². The molecule has 0 spiro atoms. The molecule has 29 heavy (non-hydrogen) atoms. The summed E-state index contributed by atoms with van der Waals surface area (Å²) in [7, 11) is 0. The molecule has 3 aromatic rings. The van der Waals surface area contributed by atoms with Crippen molar-refractivity contribution in [2.75, 3.05) is 13.2 Å². The molecule has 0 saturated heterocycles. The summed E-state index contributed by atoms with van der Waals surface area (Å²) in [5, 5.41) is 9.41. The minimum atomic E-state index is -0.818. The van der Waals surface area contributed by atoms with E-state index in [1.807, 2.05) is 51.1 Å². The van der Waals surface area contributed by atoms with Gasteiger partial charge in [-0.1, -0.05) is 17.7 Å². The molecule has 0 aliphatic carbocycles. The topological polar surface area (TPSA) is 73.6 Å². The van der Waals surface area contributed by atoms with Crippen LogP contribution in [0, 0.1) is 13.8 Å². The van der Waals surface area contributed by atoms with E-state index in [1.165, 1.54) is 0 Å². The molecule has 0 aliphatic rings. The van der Waals surface area contributed by atoms with Crippen molar-refractivity contribution in [1.29, 1.82) is 0 Å². The monoisotopic (exact) mass is 416 g/mol. The zero-order valence-corrected chi connectivity index (χ0v) is 17.6. The van der Waals surface area contributed by atoms with Crippen LogP contribution in [0.25, 0.3) is 11.0 Å². The van der Waals surface area contributed by atoms with Gasteiger partial charge in [0.1, 0.15) is 17.3 Å². The lowest BCUT2D eigenvalue weighted by Crippen LogP contribution is -2.04. The molecule has 1 heterocycles. The number of rotatable bonds is 9. The van der Waals surface area contributed by atoms with E-state index >= 15 is 0 Å². The number of nitrogens with zero attached hydrogens (tertiary/aromatic N) is 2. The van der Waals surface area contributed by atoms with Crippen molar-refractivity contribution in [3.8, 4) is 11.5 Å². The van der Waals surface area contributed by atoms with Gasteiger partial charge in [0.25, 0.3) is 0 Å². The highest BCUT2D eigenvalue weighted by Crippen LogP contribution is 2.29. The third-order valence-electron chi connectivity index (χ3n) is 4.68. The lowest BCUT2D eigenvalue weighted by molar-refractivity contribution is -0.137. The Morgan fingerprint density at radius 1 is 1.17 bits per heavy atom. The summed E-state index contributed by atoms with van der Waals surface area (Å²) in [5.41, 5.74) is 3.86. The summed E-state index contributed by atoms with van der Waals surface area (Å²) >= 11 is 6.47. The minimum Gasteiger partial charge on any atom is -0.494 e. The van der Waals surface area contributed by atoms with Crippen LogP contribution in [-0.2, 0) is 11.3 Å². The Hall–Kier alpha value is -2.73. The van der Waals surface area contributed by atoms with Crippen LogP contribution in [0.1, 0.15) is 36.7 Å². The number of aromatic nitrogens is 2. The van der Waals surface area contributed by atoms with Gasteiger partial charge in [-0.25, -0.2) is 4.98 Å². The second-order valence-corrected chi connectivity index (χ2v) is 7.29. The van der Waals surface area contributed by atoms with Crippen LogP contribution < -0.4 is 9.47 Å².